The van der Waals surface area contributed by atoms with Crippen molar-refractivity contribution in [2.24, 2.45) is 0 Å². The molecule has 0 atom stereocenters. The molecule has 0 heterocycles. The molecule has 2 nitrogen and oxygen atoms in total. The van der Waals surface area contributed by atoms with E-state index in [4.69, 9.17) is 0 Å². The molecule has 0 fully saturated rings. The van der Waals surface area contributed by atoms with E-state index in [0.717, 1.165) is 40.7 Å². The van der Waals surface area contributed by atoms with Crippen molar-refractivity contribution in [3.05, 3.63) is 77.9 Å². The molecule has 0 saturated heterocycles. The number of aryl methyl sites for hydroxylation is 1. The Hall–Kier alpha value is -3.05. The highest BCUT2D eigenvalue weighted by Gasteiger charge is 2.14. The van der Waals surface area contributed by atoms with Gasteiger partial charge in [-0.3, -0.25) is 0 Å². The van der Waals surface area contributed by atoms with Crippen LogP contribution in [-0.2, 0) is 6.42 Å². The second-order valence-corrected chi connectivity index (χ2v) is 5.84. The van der Waals surface area contributed by atoms with Gasteiger partial charge in [0.2, 0.25) is 0 Å². The minimum absolute atomic E-state index is 0.241. The first-order valence-electron chi connectivity index (χ1n) is 9.14. The second kappa shape index (κ2) is 9.44. The van der Waals surface area contributed by atoms with Crippen molar-refractivity contribution in [3.63, 3.8) is 0 Å². The van der Waals surface area contributed by atoms with Gasteiger partial charge < -0.3 is 5.11 Å². The summed E-state index contributed by atoms with van der Waals surface area (Å²) in [6.07, 6.45) is 1.97. The standard InChI is InChI=1S/C22H19NO.C2H6/c1-2-6-16-13-19(15-23)22(18-7-4-3-5-8-18)21(14-16)17-9-11-20(24)12-10-17;1-2/h3-5,7-14,24H,2,6H2,1H3;1-2H3. The molecule has 132 valence electrons. The fraction of sp³-hybridized carbons (Fsp3) is 0.208. The summed E-state index contributed by atoms with van der Waals surface area (Å²) in [6, 6.07) is 23.7. The molecule has 0 bridgehead atoms. The Morgan fingerprint density at radius 3 is 2.12 bits per heavy atom. The largest absolute Gasteiger partial charge is 0.508 e. The monoisotopic (exact) mass is 343 g/mol. The Morgan fingerprint density at radius 2 is 1.54 bits per heavy atom. The van der Waals surface area contributed by atoms with E-state index in [9.17, 15) is 10.4 Å². The van der Waals surface area contributed by atoms with Crippen LogP contribution in [0.3, 0.4) is 0 Å². The lowest BCUT2D eigenvalue weighted by molar-refractivity contribution is 0.475. The lowest BCUT2D eigenvalue weighted by Crippen LogP contribution is -1.94. The first kappa shape index (κ1) is 19.3. The topological polar surface area (TPSA) is 44.0 Å². The van der Waals surface area contributed by atoms with Gasteiger partial charge in [0.15, 0.2) is 0 Å². The minimum Gasteiger partial charge on any atom is -0.508 e. The van der Waals surface area contributed by atoms with Crippen molar-refractivity contribution in [3.8, 4) is 34.1 Å². The number of benzene rings is 3. The summed E-state index contributed by atoms with van der Waals surface area (Å²) < 4.78 is 0. The van der Waals surface area contributed by atoms with Crippen molar-refractivity contribution >= 4 is 0 Å². The molecule has 0 amide bonds. The van der Waals surface area contributed by atoms with Crippen molar-refractivity contribution in [2.75, 3.05) is 0 Å². The first-order valence-corrected chi connectivity index (χ1v) is 9.14. The molecule has 0 unspecified atom stereocenters. The lowest BCUT2D eigenvalue weighted by Gasteiger charge is -2.15. The van der Waals surface area contributed by atoms with E-state index in [2.05, 4.69) is 19.1 Å². The van der Waals surface area contributed by atoms with Crippen molar-refractivity contribution in [1.29, 1.82) is 5.26 Å². The van der Waals surface area contributed by atoms with Crippen LogP contribution in [0.4, 0.5) is 0 Å². The quantitative estimate of drug-likeness (QED) is 0.581. The summed E-state index contributed by atoms with van der Waals surface area (Å²) in [5, 5.41) is 19.3. The predicted molar refractivity (Wildman–Crippen MR) is 109 cm³/mol. The van der Waals surface area contributed by atoms with Crippen molar-refractivity contribution < 1.29 is 5.11 Å². The molecule has 0 aliphatic rings. The molecule has 0 aliphatic carbocycles. The molecule has 3 aromatic rings. The van der Waals surface area contributed by atoms with Gasteiger partial charge in [-0.25, -0.2) is 0 Å². The fourth-order valence-corrected chi connectivity index (χ4v) is 3.01. The molecule has 3 rings (SSSR count). The smallest absolute Gasteiger partial charge is 0.115 e. The number of hydrogen-bond donors (Lipinski definition) is 1. The Morgan fingerprint density at radius 1 is 0.885 bits per heavy atom. The Kier molecular flexibility index (Phi) is 7.00. The highest BCUT2D eigenvalue weighted by molar-refractivity contribution is 5.88. The van der Waals surface area contributed by atoms with Crippen LogP contribution in [0.2, 0.25) is 0 Å². The molecule has 0 saturated carbocycles. The highest BCUT2D eigenvalue weighted by Crippen LogP contribution is 2.36. The predicted octanol–water partition coefficient (Wildman–Crippen LogP) is 6.58. The van der Waals surface area contributed by atoms with Crippen LogP contribution in [0.1, 0.15) is 38.3 Å². The van der Waals surface area contributed by atoms with E-state index >= 15 is 0 Å². The maximum Gasteiger partial charge on any atom is 0.115 e. The number of phenolic OH excluding ortho intramolecular Hbond substituents is 1. The summed E-state index contributed by atoms with van der Waals surface area (Å²) in [7, 11) is 0. The number of rotatable bonds is 4. The van der Waals surface area contributed by atoms with Gasteiger partial charge in [0, 0.05) is 5.56 Å². The van der Waals surface area contributed by atoms with Gasteiger partial charge >= 0.3 is 0 Å². The van der Waals surface area contributed by atoms with E-state index in [0.29, 0.717) is 5.56 Å². The fourth-order valence-electron chi connectivity index (χ4n) is 3.01. The van der Waals surface area contributed by atoms with E-state index in [1.165, 1.54) is 0 Å². The van der Waals surface area contributed by atoms with Crippen LogP contribution in [0.15, 0.2) is 66.7 Å². The van der Waals surface area contributed by atoms with E-state index in [1.807, 2.05) is 62.4 Å². The summed E-state index contributed by atoms with van der Waals surface area (Å²) in [5.74, 6) is 0.241. The van der Waals surface area contributed by atoms with Gasteiger partial charge in [0.05, 0.1) is 11.6 Å². The average molecular weight is 343 g/mol. The molecule has 0 aliphatic heterocycles. The average Bonchev–Trinajstić information content (AvgIpc) is 2.70. The van der Waals surface area contributed by atoms with Crippen LogP contribution in [-0.4, -0.2) is 5.11 Å². The molecule has 26 heavy (non-hydrogen) atoms. The molecule has 0 radical (unpaired) electrons. The SMILES string of the molecule is CC.CCCc1cc(C#N)c(-c2ccccc2)c(-c2ccc(O)cc2)c1. The van der Waals surface area contributed by atoms with Crippen molar-refractivity contribution in [1.82, 2.24) is 0 Å². The Balaban J connectivity index is 0.00000117. The van der Waals surface area contributed by atoms with Crippen LogP contribution in [0.5, 0.6) is 5.75 Å². The van der Waals surface area contributed by atoms with Crippen LogP contribution in [0, 0.1) is 11.3 Å². The molecular weight excluding hydrogens is 318 g/mol. The van der Waals surface area contributed by atoms with Gasteiger partial charge in [0.1, 0.15) is 5.75 Å². The highest BCUT2D eigenvalue weighted by atomic mass is 16.3. The number of aromatic hydroxyl groups is 1. The second-order valence-electron chi connectivity index (χ2n) is 5.84. The van der Waals surface area contributed by atoms with Gasteiger partial charge in [-0.15, -0.1) is 0 Å². The summed E-state index contributed by atoms with van der Waals surface area (Å²) in [6.45, 7) is 6.14. The van der Waals surface area contributed by atoms with E-state index in [-0.39, 0.29) is 5.75 Å². The Bertz CT molecular complexity index is 875. The minimum atomic E-state index is 0.241. The van der Waals surface area contributed by atoms with E-state index in [1.54, 1.807) is 12.1 Å². The number of hydrogen-bond acceptors (Lipinski definition) is 2. The number of nitrogens with zero attached hydrogens (tertiary/aromatic N) is 1. The third-order valence-electron chi connectivity index (χ3n) is 4.10. The lowest BCUT2D eigenvalue weighted by atomic mass is 9.88. The number of nitriles is 1. The molecule has 0 spiro atoms. The van der Waals surface area contributed by atoms with Crippen LogP contribution >= 0.6 is 0 Å². The Labute approximate surface area is 156 Å². The van der Waals surface area contributed by atoms with E-state index < -0.39 is 0 Å². The summed E-state index contributed by atoms with van der Waals surface area (Å²) in [4.78, 5) is 0. The van der Waals surface area contributed by atoms with Gasteiger partial charge in [0.25, 0.3) is 0 Å². The first-order chi connectivity index (χ1) is 12.7. The third-order valence-corrected chi connectivity index (χ3v) is 4.10. The maximum atomic E-state index is 9.70. The third kappa shape index (κ3) is 4.32. The summed E-state index contributed by atoms with van der Waals surface area (Å²) >= 11 is 0. The summed E-state index contributed by atoms with van der Waals surface area (Å²) in [5.41, 5.74) is 5.86. The molecule has 3 aromatic carbocycles. The van der Waals surface area contributed by atoms with Crippen LogP contribution in [0.25, 0.3) is 22.3 Å². The molecular formula is C24H25NO. The zero-order valence-corrected chi connectivity index (χ0v) is 15.7. The molecule has 1 N–H and O–H groups in total. The van der Waals surface area contributed by atoms with Gasteiger partial charge in [-0.05, 0) is 46.9 Å². The van der Waals surface area contributed by atoms with Crippen molar-refractivity contribution in [2.45, 2.75) is 33.6 Å². The van der Waals surface area contributed by atoms with Crippen LogP contribution < -0.4 is 0 Å². The normalized spacial score (nSPS) is 9.77. The molecule has 0 aromatic heterocycles. The zero-order chi connectivity index (χ0) is 18.9. The maximum absolute atomic E-state index is 9.70. The van der Waals surface area contributed by atoms with Gasteiger partial charge in [-0.1, -0.05) is 75.7 Å². The zero-order valence-electron chi connectivity index (χ0n) is 15.7. The number of phenols is 1. The molecule has 2 heteroatoms. The van der Waals surface area contributed by atoms with Gasteiger partial charge in [-0.2, -0.15) is 5.26 Å².